The fourth-order valence-corrected chi connectivity index (χ4v) is 2.17. The third kappa shape index (κ3) is 6.35. The summed E-state index contributed by atoms with van der Waals surface area (Å²) in [5.41, 5.74) is 1.07. The van der Waals surface area contributed by atoms with E-state index < -0.39 is 0 Å². The first kappa shape index (κ1) is 15.6. The maximum absolute atomic E-state index is 12.3. The molecule has 0 saturated heterocycles. The van der Waals surface area contributed by atoms with Crippen molar-refractivity contribution in [2.45, 2.75) is 20.3 Å². The minimum absolute atomic E-state index is 0.0926. The van der Waals surface area contributed by atoms with Crippen molar-refractivity contribution in [3.8, 4) is 0 Å². The van der Waals surface area contributed by atoms with E-state index in [2.05, 4.69) is 18.7 Å². The Morgan fingerprint density at radius 3 is 2.37 bits per heavy atom. The summed E-state index contributed by atoms with van der Waals surface area (Å²) in [7, 11) is 4.03. The Morgan fingerprint density at radius 1 is 1.21 bits per heavy atom. The molecule has 0 bridgehead atoms. The first-order valence-corrected chi connectivity index (χ1v) is 6.90. The smallest absolute Gasteiger partial charge is 0.160 e. The van der Waals surface area contributed by atoms with E-state index in [1.165, 1.54) is 0 Å². The number of ketones is 1. The van der Waals surface area contributed by atoms with Crippen LogP contribution in [0.2, 0.25) is 0 Å². The molecule has 1 rings (SSSR count). The lowest BCUT2D eigenvalue weighted by atomic mass is 9.92. The van der Waals surface area contributed by atoms with Gasteiger partial charge in [0.2, 0.25) is 0 Å². The van der Waals surface area contributed by atoms with Crippen LogP contribution in [0, 0.1) is 11.8 Å². The summed E-state index contributed by atoms with van der Waals surface area (Å²) in [6.07, 6.45) is 4.58. The van der Waals surface area contributed by atoms with Crippen LogP contribution in [0.4, 0.5) is 0 Å². The molecule has 1 aromatic rings. The van der Waals surface area contributed by atoms with Crippen LogP contribution in [-0.4, -0.2) is 31.3 Å². The van der Waals surface area contributed by atoms with Gasteiger partial charge in [0.15, 0.2) is 5.78 Å². The minimum Gasteiger partial charge on any atom is -0.309 e. The molecule has 0 aliphatic heterocycles. The number of benzene rings is 1. The first-order chi connectivity index (χ1) is 8.99. The van der Waals surface area contributed by atoms with Crippen LogP contribution in [-0.2, 0) is 4.79 Å². The predicted octanol–water partition coefficient (Wildman–Crippen LogP) is 3.49. The Morgan fingerprint density at radius 2 is 1.84 bits per heavy atom. The molecule has 2 heteroatoms. The normalized spacial score (nSPS) is 13.4. The van der Waals surface area contributed by atoms with Gasteiger partial charge in [0.1, 0.15) is 0 Å². The molecule has 0 aromatic heterocycles. The van der Waals surface area contributed by atoms with Gasteiger partial charge in [-0.25, -0.2) is 0 Å². The van der Waals surface area contributed by atoms with E-state index in [-0.39, 0.29) is 11.7 Å². The maximum Gasteiger partial charge on any atom is 0.160 e. The van der Waals surface area contributed by atoms with Crippen molar-refractivity contribution in [2.24, 2.45) is 11.8 Å². The predicted molar refractivity (Wildman–Crippen MR) is 82.0 cm³/mol. The average Bonchev–Trinajstić information content (AvgIpc) is 2.35. The van der Waals surface area contributed by atoms with Gasteiger partial charge in [0.05, 0.1) is 0 Å². The van der Waals surface area contributed by atoms with Crippen LogP contribution in [0.1, 0.15) is 25.8 Å². The molecule has 0 amide bonds. The molecule has 0 fully saturated rings. The lowest BCUT2D eigenvalue weighted by Gasteiger charge is -2.20. The number of allylic oxidation sites excluding steroid dienone is 1. The van der Waals surface area contributed by atoms with Crippen molar-refractivity contribution in [1.29, 1.82) is 0 Å². The van der Waals surface area contributed by atoms with Gasteiger partial charge in [-0.3, -0.25) is 4.79 Å². The number of hydrogen-bond donors (Lipinski definition) is 0. The Labute approximate surface area is 117 Å². The highest BCUT2D eigenvalue weighted by atomic mass is 16.1. The van der Waals surface area contributed by atoms with Crippen molar-refractivity contribution in [3.05, 3.63) is 42.0 Å². The molecule has 0 saturated carbocycles. The number of rotatable bonds is 7. The molecular formula is C17H25NO. The van der Waals surface area contributed by atoms with E-state index >= 15 is 0 Å². The Kier molecular flexibility index (Phi) is 6.51. The molecule has 0 radical (unpaired) electrons. The molecule has 19 heavy (non-hydrogen) atoms. The summed E-state index contributed by atoms with van der Waals surface area (Å²) in [6.45, 7) is 5.14. The van der Waals surface area contributed by atoms with Crippen molar-refractivity contribution >= 4 is 11.9 Å². The van der Waals surface area contributed by atoms with Crippen molar-refractivity contribution in [1.82, 2.24) is 4.90 Å². The molecule has 0 N–H and O–H groups in total. The summed E-state index contributed by atoms with van der Waals surface area (Å²) in [5, 5.41) is 0. The van der Waals surface area contributed by atoms with Crippen molar-refractivity contribution in [3.63, 3.8) is 0 Å². The van der Waals surface area contributed by atoms with Gasteiger partial charge >= 0.3 is 0 Å². The van der Waals surface area contributed by atoms with Gasteiger partial charge in [0.25, 0.3) is 0 Å². The minimum atomic E-state index is 0.0926. The number of nitrogens with zero attached hydrogens (tertiary/aromatic N) is 1. The van der Waals surface area contributed by atoms with E-state index in [0.29, 0.717) is 5.92 Å². The highest BCUT2D eigenvalue weighted by molar-refractivity contribution is 5.95. The molecule has 1 atom stereocenters. The molecular weight excluding hydrogens is 234 g/mol. The zero-order valence-corrected chi connectivity index (χ0v) is 12.5. The van der Waals surface area contributed by atoms with Crippen LogP contribution in [0.15, 0.2) is 36.4 Å². The average molecular weight is 259 g/mol. The lowest BCUT2D eigenvalue weighted by Crippen LogP contribution is -2.28. The summed E-state index contributed by atoms with van der Waals surface area (Å²) in [6, 6.07) is 9.96. The Bertz CT molecular complexity index is 397. The Hall–Kier alpha value is -1.41. The SMILES string of the molecule is CC(C)C[C@@H](CN(C)C)C(=O)/C=C\c1ccccc1. The van der Waals surface area contributed by atoms with Gasteiger partial charge in [-0.15, -0.1) is 0 Å². The van der Waals surface area contributed by atoms with E-state index in [4.69, 9.17) is 0 Å². The van der Waals surface area contributed by atoms with Crippen LogP contribution >= 0.6 is 0 Å². The molecule has 2 nitrogen and oxygen atoms in total. The zero-order valence-electron chi connectivity index (χ0n) is 12.5. The van der Waals surface area contributed by atoms with Crippen LogP contribution in [0.5, 0.6) is 0 Å². The van der Waals surface area contributed by atoms with Gasteiger partial charge in [0, 0.05) is 12.5 Å². The summed E-state index contributed by atoms with van der Waals surface area (Å²) < 4.78 is 0. The standard InChI is InChI=1S/C17H25NO/c1-14(2)12-16(13-18(3)4)17(19)11-10-15-8-6-5-7-9-15/h5-11,14,16H,12-13H2,1-4H3/b11-10-/t16-/m0/s1. The molecule has 0 spiro atoms. The second-order valence-corrected chi connectivity index (χ2v) is 5.74. The molecule has 0 unspecified atom stereocenters. The van der Waals surface area contributed by atoms with Crippen molar-refractivity contribution in [2.75, 3.05) is 20.6 Å². The second-order valence-electron chi connectivity index (χ2n) is 5.74. The second kappa shape index (κ2) is 7.90. The van der Waals surface area contributed by atoms with Crippen LogP contribution in [0.3, 0.4) is 0 Å². The van der Waals surface area contributed by atoms with Gasteiger partial charge < -0.3 is 4.90 Å². The van der Waals surface area contributed by atoms with Crippen LogP contribution in [0.25, 0.3) is 6.08 Å². The zero-order chi connectivity index (χ0) is 14.3. The quantitative estimate of drug-likeness (QED) is 0.699. The van der Waals surface area contributed by atoms with E-state index in [0.717, 1.165) is 18.5 Å². The van der Waals surface area contributed by atoms with Crippen LogP contribution < -0.4 is 0 Å². The highest BCUT2D eigenvalue weighted by Crippen LogP contribution is 2.15. The molecule has 0 heterocycles. The van der Waals surface area contributed by atoms with Crippen molar-refractivity contribution < 1.29 is 4.79 Å². The molecule has 1 aromatic carbocycles. The lowest BCUT2D eigenvalue weighted by molar-refractivity contribution is -0.119. The van der Waals surface area contributed by atoms with E-state index in [1.54, 1.807) is 6.08 Å². The van der Waals surface area contributed by atoms with Gasteiger partial charge in [-0.05, 0) is 38.1 Å². The molecule has 0 aliphatic carbocycles. The summed E-state index contributed by atoms with van der Waals surface area (Å²) in [4.78, 5) is 14.4. The number of hydrogen-bond acceptors (Lipinski definition) is 2. The van der Waals surface area contributed by atoms with E-state index in [1.807, 2.05) is 50.5 Å². The fourth-order valence-electron chi connectivity index (χ4n) is 2.17. The number of carbonyl (C=O) groups excluding carboxylic acids is 1. The third-order valence-electron chi connectivity index (χ3n) is 2.98. The fraction of sp³-hybridized carbons (Fsp3) is 0.471. The highest BCUT2D eigenvalue weighted by Gasteiger charge is 2.18. The van der Waals surface area contributed by atoms with E-state index in [9.17, 15) is 4.79 Å². The monoisotopic (exact) mass is 259 g/mol. The van der Waals surface area contributed by atoms with Gasteiger partial charge in [-0.2, -0.15) is 0 Å². The topological polar surface area (TPSA) is 20.3 Å². The Balaban J connectivity index is 2.68. The van der Waals surface area contributed by atoms with Gasteiger partial charge in [-0.1, -0.05) is 50.3 Å². The largest absolute Gasteiger partial charge is 0.309 e. The molecule has 104 valence electrons. The summed E-state index contributed by atoms with van der Waals surface area (Å²) in [5.74, 6) is 0.861. The number of carbonyl (C=O) groups is 1. The maximum atomic E-state index is 12.3. The first-order valence-electron chi connectivity index (χ1n) is 6.90. The third-order valence-corrected chi connectivity index (χ3v) is 2.98. The molecule has 0 aliphatic rings. The summed E-state index contributed by atoms with van der Waals surface area (Å²) >= 11 is 0.